The molecular formula is C127H136N6. The van der Waals surface area contributed by atoms with Gasteiger partial charge in [0.2, 0.25) is 5.95 Å². The van der Waals surface area contributed by atoms with E-state index in [1.165, 1.54) is 100 Å². The van der Waals surface area contributed by atoms with Crippen LogP contribution in [0.5, 0.6) is 0 Å². The number of aromatic nitrogens is 6. The zero-order chi connectivity index (χ0) is 95.1. The van der Waals surface area contributed by atoms with Crippen LogP contribution in [0, 0.1) is 0 Å². The third-order valence-corrected chi connectivity index (χ3v) is 28.0. The van der Waals surface area contributed by atoms with Crippen molar-refractivity contribution in [1.29, 1.82) is 0 Å². The maximum absolute atomic E-state index is 6.07. The quantitative estimate of drug-likeness (QED) is 0.130. The predicted molar refractivity (Wildman–Crippen MR) is 573 cm³/mol. The number of benzene rings is 14. The van der Waals surface area contributed by atoms with Gasteiger partial charge in [-0.15, -0.1) is 0 Å². The Bertz CT molecular complexity index is 7250. The molecular weight excluding hydrogens is 1610 g/mol. The first-order chi connectivity index (χ1) is 62.2. The Balaban J connectivity index is 0.937. The van der Waals surface area contributed by atoms with E-state index in [-0.39, 0.29) is 54.1 Å². The van der Waals surface area contributed by atoms with E-state index in [1.54, 1.807) is 0 Å². The summed E-state index contributed by atoms with van der Waals surface area (Å²) in [6.07, 6.45) is 0. The van der Waals surface area contributed by atoms with E-state index in [0.29, 0.717) is 17.6 Å². The molecule has 6 heteroatoms. The number of rotatable bonds is 11. The highest BCUT2D eigenvalue weighted by atomic mass is 15.2. The molecule has 0 aliphatic heterocycles. The van der Waals surface area contributed by atoms with Crippen molar-refractivity contribution < 1.29 is 0 Å². The van der Waals surface area contributed by atoms with E-state index in [2.05, 4.69) is 500 Å². The van der Waals surface area contributed by atoms with Crippen LogP contribution in [0.2, 0.25) is 0 Å². The molecule has 674 valence electrons. The first-order valence-corrected chi connectivity index (χ1v) is 48.3. The van der Waals surface area contributed by atoms with Crippen molar-refractivity contribution in [1.82, 2.24) is 28.7 Å². The Kier molecular flexibility index (Phi) is 22.0. The Labute approximate surface area is 792 Å². The molecule has 0 unspecified atom stereocenters. The lowest BCUT2D eigenvalue weighted by Crippen LogP contribution is -2.16. The molecule has 0 aliphatic carbocycles. The van der Waals surface area contributed by atoms with Gasteiger partial charge in [-0.2, -0.15) is 9.97 Å². The highest BCUT2D eigenvalue weighted by molar-refractivity contribution is 6.15. The molecule has 0 amide bonds. The van der Waals surface area contributed by atoms with Gasteiger partial charge in [0.1, 0.15) is 0 Å². The second-order valence-corrected chi connectivity index (χ2v) is 48.6. The van der Waals surface area contributed by atoms with Gasteiger partial charge in [-0.25, -0.2) is 4.98 Å². The van der Waals surface area contributed by atoms with Crippen LogP contribution in [0.4, 0.5) is 0 Å². The van der Waals surface area contributed by atoms with Crippen molar-refractivity contribution in [2.75, 3.05) is 0 Å². The van der Waals surface area contributed by atoms with Crippen molar-refractivity contribution in [3.8, 4) is 107 Å². The van der Waals surface area contributed by atoms with Crippen LogP contribution >= 0.6 is 0 Å². The van der Waals surface area contributed by atoms with Gasteiger partial charge >= 0.3 is 0 Å². The standard InChI is InChI=1S/C127H136N6/c1-118(2,3)89-56-84(57-90(72-89)119(4,5)6)79-45-51-110-102(67-79)101-66-78(77-38-32-31-33-39-77)44-50-109(101)131(110)107-42-36-34-40-99(107)115-128-116(130-117(129-115)133-113-54-48-82(87-62-95(124(19,20)21)75-96(63-87)125(22,23)24)70-105(113)106-71-83(49-55-114(106)133)88-64-97(126(25,26)27)76-98(65-88)127(28,29)30)100-41-35-37-43-108(100)132-111-52-46-80(85-58-91(120(7,8)9)73-92(59-85)121(10,11)12)68-103(111)104-69-81(47-53-112(104)132)86-60-93(122(13,14)15)74-94(61-86)123(16,17)18/h31-76H,1-30H3. The maximum Gasteiger partial charge on any atom is 0.238 e. The summed E-state index contributed by atoms with van der Waals surface area (Å²) in [5, 5.41) is 6.81. The largest absolute Gasteiger partial charge is 0.309 e. The number of hydrogen-bond acceptors (Lipinski definition) is 3. The van der Waals surface area contributed by atoms with Crippen LogP contribution in [-0.2, 0) is 54.1 Å². The molecule has 0 fully saturated rings. The Hall–Kier alpha value is -12.5. The average Bonchev–Trinajstić information content (AvgIpc) is 1.57. The third-order valence-electron chi connectivity index (χ3n) is 28.0. The number of fused-ring (bicyclic) bond motifs is 9. The van der Waals surface area contributed by atoms with E-state index in [9.17, 15) is 0 Å². The second kappa shape index (κ2) is 32.1. The van der Waals surface area contributed by atoms with Crippen molar-refractivity contribution in [3.05, 3.63) is 335 Å². The molecule has 0 bridgehead atoms. The summed E-state index contributed by atoms with van der Waals surface area (Å²) in [7, 11) is 0. The molecule has 4 aromatic heterocycles. The van der Waals surface area contributed by atoms with Gasteiger partial charge in [-0.3, -0.25) is 4.57 Å². The predicted octanol–water partition coefficient (Wildman–Crippen LogP) is 35.5. The van der Waals surface area contributed by atoms with Gasteiger partial charge in [0.25, 0.3) is 0 Å². The molecule has 18 aromatic rings. The van der Waals surface area contributed by atoms with Gasteiger partial charge in [0.15, 0.2) is 11.6 Å². The van der Waals surface area contributed by atoms with Crippen LogP contribution in [0.25, 0.3) is 172 Å². The topological polar surface area (TPSA) is 53.5 Å². The summed E-state index contributed by atoms with van der Waals surface area (Å²) < 4.78 is 7.30. The van der Waals surface area contributed by atoms with E-state index in [1.807, 2.05) is 0 Å². The first kappa shape index (κ1) is 91.0. The Morgan fingerprint density at radius 3 is 0.556 bits per heavy atom. The summed E-state index contributed by atoms with van der Waals surface area (Å²) >= 11 is 0. The van der Waals surface area contributed by atoms with Crippen LogP contribution in [0.3, 0.4) is 0 Å². The molecule has 0 spiro atoms. The normalized spacial score (nSPS) is 13.2. The fraction of sp³-hybridized carbons (Fsp3) is 0.315. The maximum atomic E-state index is 6.07. The lowest BCUT2D eigenvalue weighted by atomic mass is 9.78. The minimum absolute atomic E-state index is 0.0734. The van der Waals surface area contributed by atoms with Crippen molar-refractivity contribution in [2.24, 2.45) is 0 Å². The monoisotopic (exact) mass is 1750 g/mol. The van der Waals surface area contributed by atoms with Crippen molar-refractivity contribution in [2.45, 2.75) is 262 Å². The minimum Gasteiger partial charge on any atom is -0.309 e. The lowest BCUT2D eigenvalue weighted by molar-refractivity contribution is 0.568. The molecule has 0 aliphatic rings. The number of para-hydroxylation sites is 2. The summed E-state index contributed by atoms with van der Waals surface area (Å²) in [6, 6.07) is 108. The molecule has 0 saturated carbocycles. The third kappa shape index (κ3) is 17.4. The fourth-order valence-corrected chi connectivity index (χ4v) is 19.2. The first-order valence-electron chi connectivity index (χ1n) is 48.3. The van der Waals surface area contributed by atoms with Crippen molar-refractivity contribution in [3.63, 3.8) is 0 Å². The van der Waals surface area contributed by atoms with Crippen LogP contribution < -0.4 is 0 Å². The molecule has 14 aromatic carbocycles. The summed E-state index contributed by atoms with van der Waals surface area (Å²) in [4.78, 5) is 18.2. The average molecular weight is 1750 g/mol. The zero-order valence-electron chi connectivity index (χ0n) is 84.7. The summed E-state index contributed by atoms with van der Waals surface area (Å²) in [5.74, 6) is 1.57. The van der Waals surface area contributed by atoms with E-state index in [0.717, 1.165) is 110 Å². The van der Waals surface area contributed by atoms with E-state index >= 15 is 0 Å². The van der Waals surface area contributed by atoms with Gasteiger partial charge in [-0.1, -0.05) is 390 Å². The molecule has 0 saturated heterocycles. The smallest absolute Gasteiger partial charge is 0.238 e. The fourth-order valence-electron chi connectivity index (χ4n) is 19.2. The zero-order valence-corrected chi connectivity index (χ0v) is 84.7. The van der Waals surface area contributed by atoms with Crippen molar-refractivity contribution >= 4 is 65.4 Å². The molecule has 6 nitrogen and oxygen atoms in total. The van der Waals surface area contributed by atoms with Gasteiger partial charge in [-0.05, 0) is 274 Å². The summed E-state index contributed by atoms with van der Waals surface area (Å²) in [5.41, 5.74) is 36.2. The Morgan fingerprint density at radius 1 is 0.158 bits per heavy atom. The lowest BCUT2D eigenvalue weighted by Gasteiger charge is -2.26. The van der Waals surface area contributed by atoms with Crippen LogP contribution in [-0.4, -0.2) is 28.7 Å². The summed E-state index contributed by atoms with van der Waals surface area (Å²) in [6.45, 7) is 70.0. The molecule has 0 atom stereocenters. The number of nitrogens with zero attached hydrogens (tertiary/aromatic N) is 6. The molecule has 0 N–H and O–H groups in total. The molecule has 18 rings (SSSR count). The molecule has 133 heavy (non-hydrogen) atoms. The van der Waals surface area contributed by atoms with Gasteiger partial charge < -0.3 is 9.13 Å². The van der Waals surface area contributed by atoms with Crippen LogP contribution in [0.15, 0.2) is 279 Å². The van der Waals surface area contributed by atoms with E-state index in [4.69, 9.17) is 15.0 Å². The SMILES string of the molecule is CC(C)(C)c1cc(-c2ccc3c(c2)c2cc(-c4cc(C(C)(C)C)cc(C(C)(C)C)c4)ccc2n3-c2nc(-c3ccccc3-n3c4ccc(-c5ccccc5)cc4c4cc(-c5cc(C(C)(C)C)cc(C(C)(C)C)c5)ccc43)nc(-c3ccccc3-n3c4ccc(-c5cc(C(C)(C)C)cc(C(C)(C)C)c5)cc4c4cc(-c5cc(C(C)(C)C)cc(C(C)(C)C)c5)ccc43)n2)cc(C(C)(C)C)c1. The molecule has 0 radical (unpaired) electrons. The van der Waals surface area contributed by atoms with E-state index < -0.39 is 0 Å². The molecule has 4 heterocycles. The number of hydrogen-bond donors (Lipinski definition) is 0. The highest BCUT2D eigenvalue weighted by Crippen LogP contribution is 2.49. The van der Waals surface area contributed by atoms with Gasteiger partial charge in [0.05, 0.1) is 44.5 Å². The highest BCUT2D eigenvalue weighted by Gasteiger charge is 2.32. The minimum atomic E-state index is -0.100. The van der Waals surface area contributed by atoms with Crippen LogP contribution in [0.1, 0.15) is 263 Å². The second-order valence-electron chi connectivity index (χ2n) is 48.6. The Morgan fingerprint density at radius 2 is 0.346 bits per heavy atom. The van der Waals surface area contributed by atoms with Gasteiger partial charge in [0, 0.05) is 43.4 Å².